The van der Waals surface area contributed by atoms with E-state index in [9.17, 15) is 0 Å². The van der Waals surface area contributed by atoms with Gasteiger partial charge in [-0.3, -0.25) is 4.90 Å². The van der Waals surface area contributed by atoms with Gasteiger partial charge in [-0.05, 0) is 49.3 Å². The summed E-state index contributed by atoms with van der Waals surface area (Å²) in [6, 6.07) is 9.85. The van der Waals surface area contributed by atoms with E-state index in [1.54, 1.807) is 0 Å². The zero-order chi connectivity index (χ0) is 15.2. The zero-order valence-corrected chi connectivity index (χ0v) is 14.0. The zero-order valence-electron chi connectivity index (χ0n) is 14.0. The summed E-state index contributed by atoms with van der Waals surface area (Å²) in [7, 11) is 0. The molecule has 1 aromatic rings. The molecule has 0 aliphatic carbocycles. The molecule has 0 bridgehead atoms. The Balaban J connectivity index is 1.94. The maximum absolute atomic E-state index is 6.45. The van der Waals surface area contributed by atoms with Crippen molar-refractivity contribution in [3.05, 3.63) is 35.4 Å². The van der Waals surface area contributed by atoms with Gasteiger partial charge in [-0.25, -0.2) is 0 Å². The summed E-state index contributed by atoms with van der Waals surface area (Å²) in [6.45, 7) is 9.05. The second-order valence-corrected chi connectivity index (χ2v) is 7.00. The second-order valence-electron chi connectivity index (χ2n) is 7.00. The molecule has 0 saturated carbocycles. The average molecular weight is 288 g/mol. The molecule has 2 nitrogen and oxygen atoms in total. The molecular formula is C19H32N2. The second kappa shape index (κ2) is 7.95. The SMILES string of the molecule is CCC1CCCCN1CC(N)c1ccc(CC(C)C)cc1. The fourth-order valence-corrected chi connectivity index (χ4v) is 3.49. The van der Waals surface area contributed by atoms with Crippen molar-refractivity contribution < 1.29 is 0 Å². The third-order valence-corrected chi connectivity index (χ3v) is 4.70. The molecule has 1 saturated heterocycles. The van der Waals surface area contributed by atoms with Gasteiger partial charge in [0.1, 0.15) is 0 Å². The van der Waals surface area contributed by atoms with E-state index in [0.717, 1.165) is 19.0 Å². The van der Waals surface area contributed by atoms with Gasteiger partial charge in [0.2, 0.25) is 0 Å². The molecule has 1 aliphatic rings. The van der Waals surface area contributed by atoms with Gasteiger partial charge < -0.3 is 5.73 Å². The summed E-state index contributed by atoms with van der Waals surface area (Å²) < 4.78 is 0. The van der Waals surface area contributed by atoms with Crippen molar-refractivity contribution in [1.82, 2.24) is 4.90 Å². The Hall–Kier alpha value is -0.860. The summed E-state index contributed by atoms with van der Waals surface area (Å²) in [5.74, 6) is 0.711. The largest absolute Gasteiger partial charge is 0.323 e. The minimum atomic E-state index is 0.144. The predicted molar refractivity (Wildman–Crippen MR) is 91.4 cm³/mol. The van der Waals surface area contributed by atoms with E-state index in [2.05, 4.69) is 49.9 Å². The number of hydrogen-bond acceptors (Lipinski definition) is 2. The molecule has 1 heterocycles. The Morgan fingerprint density at radius 3 is 2.52 bits per heavy atom. The maximum atomic E-state index is 6.45. The van der Waals surface area contributed by atoms with Crippen LogP contribution >= 0.6 is 0 Å². The van der Waals surface area contributed by atoms with E-state index in [0.29, 0.717) is 5.92 Å². The number of benzene rings is 1. The Morgan fingerprint density at radius 2 is 1.90 bits per heavy atom. The number of likely N-dealkylation sites (tertiary alicyclic amines) is 1. The van der Waals surface area contributed by atoms with Crippen LogP contribution in [-0.4, -0.2) is 24.0 Å². The van der Waals surface area contributed by atoms with E-state index < -0.39 is 0 Å². The van der Waals surface area contributed by atoms with Gasteiger partial charge in [0.15, 0.2) is 0 Å². The van der Waals surface area contributed by atoms with Crippen molar-refractivity contribution in [2.45, 2.75) is 65.0 Å². The molecule has 0 amide bonds. The van der Waals surface area contributed by atoms with Gasteiger partial charge in [-0.2, -0.15) is 0 Å². The van der Waals surface area contributed by atoms with Crippen molar-refractivity contribution in [1.29, 1.82) is 0 Å². The van der Waals surface area contributed by atoms with Gasteiger partial charge in [-0.15, -0.1) is 0 Å². The van der Waals surface area contributed by atoms with E-state index >= 15 is 0 Å². The van der Waals surface area contributed by atoms with Gasteiger partial charge in [0.05, 0.1) is 0 Å². The summed E-state index contributed by atoms with van der Waals surface area (Å²) in [4.78, 5) is 2.61. The minimum Gasteiger partial charge on any atom is -0.323 e. The first-order valence-electron chi connectivity index (χ1n) is 8.68. The van der Waals surface area contributed by atoms with Crippen LogP contribution < -0.4 is 5.73 Å². The lowest BCUT2D eigenvalue weighted by Gasteiger charge is -2.36. The predicted octanol–water partition coefficient (Wildman–Crippen LogP) is 4.15. The standard InChI is InChI=1S/C19H32N2/c1-4-18-7-5-6-12-21(18)14-19(20)17-10-8-16(9-11-17)13-15(2)3/h8-11,15,18-19H,4-7,12-14,20H2,1-3H3. The molecule has 2 atom stereocenters. The van der Waals surface area contributed by atoms with Crippen molar-refractivity contribution in [2.24, 2.45) is 11.7 Å². The number of nitrogens with zero attached hydrogens (tertiary/aromatic N) is 1. The monoisotopic (exact) mass is 288 g/mol. The molecule has 0 aromatic heterocycles. The van der Waals surface area contributed by atoms with Gasteiger partial charge in [-0.1, -0.05) is 51.5 Å². The van der Waals surface area contributed by atoms with E-state index in [1.807, 2.05) is 0 Å². The fraction of sp³-hybridized carbons (Fsp3) is 0.684. The number of rotatable bonds is 6. The molecule has 118 valence electrons. The minimum absolute atomic E-state index is 0.144. The molecule has 0 radical (unpaired) electrons. The van der Waals surface area contributed by atoms with Crippen molar-refractivity contribution >= 4 is 0 Å². The molecule has 1 fully saturated rings. The average Bonchev–Trinajstić information content (AvgIpc) is 2.48. The molecule has 2 rings (SSSR count). The summed E-state index contributed by atoms with van der Waals surface area (Å²) >= 11 is 0. The lowest BCUT2D eigenvalue weighted by atomic mass is 9.97. The van der Waals surface area contributed by atoms with Crippen LogP contribution in [0.1, 0.15) is 63.6 Å². The molecule has 1 aliphatic heterocycles. The highest BCUT2D eigenvalue weighted by Crippen LogP contribution is 2.22. The van der Waals surface area contributed by atoms with Crippen LogP contribution in [0.2, 0.25) is 0 Å². The van der Waals surface area contributed by atoms with Crippen LogP contribution in [0.15, 0.2) is 24.3 Å². The Morgan fingerprint density at radius 1 is 1.19 bits per heavy atom. The summed E-state index contributed by atoms with van der Waals surface area (Å²) in [6.07, 6.45) is 6.46. The van der Waals surface area contributed by atoms with Crippen molar-refractivity contribution in [3.63, 3.8) is 0 Å². The smallest absolute Gasteiger partial charge is 0.0424 e. The van der Waals surface area contributed by atoms with Crippen LogP contribution in [0.5, 0.6) is 0 Å². The summed E-state index contributed by atoms with van der Waals surface area (Å²) in [5.41, 5.74) is 9.15. The fourth-order valence-electron chi connectivity index (χ4n) is 3.49. The van der Waals surface area contributed by atoms with Crippen LogP contribution in [0.25, 0.3) is 0 Å². The third-order valence-electron chi connectivity index (χ3n) is 4.70. The molecule has 2 heteroatoms. The Kier molecular flexibility index (Phi) is 6.25. The highest BCUT2D eigenvalue weighted by molar-refractivity contribution is 5.25. The Bertz CT molecular complexity index is 410. The van der Waals surface area contributed by atoms with Crippen molar-refractivity contribution in [3.8, 4) is 0 Å². The maximum Gasteiger partial charge on any atom is 0.0424 e. The van der Waals surface area contributed by atoms with Crippen LogP contribution in [0.3, 0.4) is 0 Å². The normalized spacial score (nSPS) is 21.7. The lowest BCUT2D eigenvalue weighted by molar-refractivity contribution is 0.136. The van der Waals surface area contributed by atoms with Gasteiger partial charge >= 0.3 is 0 Å². The molecule has 21 heavy (non-hydrogen) atoms. The molecule has 2 unspecified atom stereocenters. The number of piperidine rings is 1. The Labute approximate surface area is 130 Å². The van der Waals surface area contributed by atoms with E-state index in [1.165, 1.54) is 43.4 Å². The van der Waals surface area contributed by atoms with E-state index in [-0.39, 0.29) is 6.04 Å². The first-order chi connectivity index (χ1) is 10.1. The van der Waals surface area contributed by atoms with Gasteiger partial charge in [0.25, 0.3) is 0 Å². The molecule has 1 aromatic carbocycles. The molecule has 2 N–H and O–H groups in total. The third kappa shape index (κ3) is 4.82. The van der Waals surface area contributed by atoms with Crippen molar-refractivity contribution in [2.75, 3.05) is 13.1 Å². The number of nitrogens with two attached hydrogens (primary N) is 1. The highest BCUT2D eigenvalue weighted by Gasteiger charge is 2.22. The first kappa shape index (κ1) is 16.5. The number of hydrogen-bond donors (Lipinski definition) is 1. The van der Waals surface area contributed by atoms with Crippen LogP contribution in [-0.2, 0) is 6.42 Å². The lowest BCUT2D eigenvalue weighted by Crippen LogP contribution is -2.42. The highest BCUT2D eigenvalue weighted by atomic mass is 15.2. The molecule has 0 spiro atoms. The topological polar surface area (TPSA) is 29.3 Å². The van der Waals surface area contributed by atoms with Crippen LogP contribution in [0, 0.1) is 5.92 Å². The summed E-state index contributed by atoms with van der Waals surface area (Å²) in [5, 5.41) is 0. The van der Waals surface area contributed by atoms with Gasteiger partial charge in [0, 0.05) is 18.6 Å². The van der Waals surface area contributed by atoms with E-state index in [4.69, 9.17) is 5.73 Å². The molecular weight excluding hydrogens is 256 g/mol. The quantitative estimate of drug-likeness (QED) is 0.852. The first-order valence-corrected chi connectivity index (χ1v) is 8.68. The van der Waals surface area contributed by atoms with Crippen LogP contribution in [0.4, 0.5) is 0 Å².